The maximum atomic E-state index is 12.3. The third kappa shape index (κ3) is 2.77. The van der Waals surface area contributed by atoms with Crippen LogP contribution in [0.3, 0.4) is 0 Å². The molecule has 3 rings (SSSR count). The van der Waals surface area contributed by atoms with Gasteiger partial charge in [0.2, 0.25) is 5.78 Å². The number of carbonyl (C=O) groups is 2. The summed E-state index contributed by atoms with van der Waals surface area (Å²) >= 11 is 0. The number of fused-ring (bicyclic) bond motifs is 1. The number of quaternary nitrogens is 1. The summed E-state index contributed by atoms with van der Waals surface area (Å²) in [7, 11) is 0. The minimum Gasteiger partial charge on any atom is -0.595 e. The van der Waals surface area contributed by atoms with Gasteiger partial charge in [0.1, 0.15) is 11.3 Å². The van der Waals surface area contributed by atoms with Crippen LogP contribution in [0.15, 0.2) is 60.2 Å². The zero-order valence-corrected chi connectivity index (χ0v) is 12.4. The Bertz CT molecular complexity index is 896. The standard InChI is InChI=1S/C18H13NO5/c20-15(9-8-11-4-3-5-12(10-11)19(23)24)16-17(21)13-6-1-2-7-14(13)18(16)22/h1-10,19,21,23H. The topological polar surface area (TPSA) is 102 Å². The number of ketones is 2. The predicted molar refractivity (Wildman–Crippen MR) is 86.6 cm³/mol. The molecule has 2 aromatic carbocycles. The number of rotatable bonds is 4. The highest BCUT2D eigenvalue weighted by Crippen LogP contribution is 2.31. The number of nitrogens with one attached hydrogen (secondary N) is 1. The van der Waals surface area contributed by atoms with Gasteiger partial charge in [-0.15, -0.1) is 0 Å². The van der Waals surface area contributed by atoms with Crippen LogP contribution in [0.2, 0.25) is 0 Å². The van der Waals surface area contributed by atoms with E-state index in [9.17, 15) is 19.9 Å². The van der Waals surface area contributed by atoms with Gasteiger partial charge >= 0.3 is 0 Å². The van der Waals surface area contributed by atoms with E-state index >= 15 is 0 Å². The Morgan fingerprint density at radius 1 is 1.08 bits per heavy atom. The monoisotopic (exact) mass is 323 g/mol. The van der Waals surface area contributed by atoms with E-state index in [-0.39, 0.29) is 17.0 Å². The molecule has 3 N–H and O–H groups in total. The molecule has 1 unspecified atom stereocenters. The number of carbonyl (C=O) groups excluding carboxylic acids is 2. The zero-order valence-electron chi connectivity index (χ0n) is 12.4. The van der Waals surface area contributed by atoms with Gasteiger partial charge in [0.25, 0.3) is 0 Å². The second-order valence-corrected chi connectivity index (χ2v) is 5.23. The van der Waals surface area contributed by atoms with Crippen LogP contribution in [0.25, 0.3) is 11.8 Å². The predicted octanol–water partition coefficient (Wildman–Crippen LogP) is 1.84. The van der Waals surface area contributed by atoms with Crippen molar-refractivity contribution in [3.8, 4) is 0 Å². The second kappa shape index (κ2) is 6.21. The van der Waals surface area contributed by atoms with Crippen LogP contribution >= 0.6 is 0 Å². The van der Waals surface area contributed by atoms with Crippen LogP contribution < -0.4 is 5.23 Å². The summed E-state index contributed by atoms with van der Waals surface area (Å²) in [5, 5.41) is 28.9. The molecule has 24 heavy (non-hydrogen) atoms. The zero-order chi connectivity index (χ0) is 17.3. The Hall–Kier alpha value is -3.06. The first kappa shape index (κ1) is 15.8. The highest BCUT2D eigenvalue weighted by atomic mass is 16.8. The molecular weight excluding hydrogens is 310 g/mol. The van der Waals surface area contributed by atoms with Gasteiger partial charge in [-0.05, 0) is 11.6 Å². The lowest BCUT2D eigenvalue weighted by molar-refractivity contribution is -0.991. The summed E-state index contributed by atoms with van der Waals surface area (Å²) in [5.74, 6) is -1.48. The molecule has 0 aromatic heterocycles. The highest BCUT2D eigenvalue weighted by Gasteiger charge is 2.32. The molecule has 0 radical (unpaired) electrons. The Balaban J connectivity index is 1.87. The van der Waals surface area contributed by atoms with Crippen molar-refractivity contribution in [2.24, 2.45) is 0 Å². The maximum absolute atomic E-state index is 12.3. The number of hydrogen-bond acceptors (Lipinski definition) is 5. The summed E-state index contributed by atoms with van der Waals surface area (Å²) in [6, 6.07) is 12.5. The highest BCUT2D eigenvalue weighted by molar-refractivity contribution is 6.36. The lowest BCUT2D eigenvalue weighted by atomic mass is 10.0. The van der Waals surface area contributed by atoms with Gasteiger partial charge in [-0.25, -0.2) is 5.21 Å². The summed E-state index contributed by atoms with van der Waals surface area (Å²) in [6.45, 7) is 0. The van der Waals surface area contributed by atoms with Crippen LogP contribution in [0, 0.1) is 5.21 Å². The number of aliphatic hydroxyl groups excluding tert-OH is 1. The number of hydrogen-bond donors (Lipinski definition) is 3. The number of allylic oxidation sites excluding steroid dienone is 2. The molecule has 1 atom stereocenters. The molecule has 0 heterocycles. The molecule has 6 nitrogen and oxygen atoms in total. The second-order valence-electron chi connectivity index (χ2n) is 5.23. The van der Waals surface area contributed by atoms with Gasteiger partial charge in [-0.2, -0.15) is 5.23 Å². The largest absolute Gasteiger partial charge is 0.595 e. The van der Waals surface area contributed by atoms with Gasteiger partial charge in [0, 0.05) is 23.3 Å². The summed E-state index contributed by atoms with van der Waals surface area (Å²) in [4.78, 5) is 24.5. The van der Waals surface area contributed by atoms with Gasteiger partial charge in [-0.3, -0.25) is 9.59 Å². The Morgan fingerprint density at radius 2 is 1.79 bits per heavy atom. The molecule has 0 saturated heterocycles. The Labute approximate surface area is 137 Å². The number of Topliss-reactive ketones (excluding diaryl/α,β-unsaturated/α-hetero) is 1. The molecule has 0 spiro atoms. The van der Waals surface area contributed by atoms with E-state index in [0.717, 1.165) is 6.08 Å². The quantitative estimate of drug-likeness (QED) is 0.453. The van der Waals surface area contributed by atoms with E-state index in [0.29, 0.717) is 16.7 Å². The fourth-order valence-corrected chi connectivity index (χ4v) is 2.52. The van der Waals surface area contributed by atoms with Crippen molar-refractivity contribution < 1.29 is 25.1 Å². The minimum atomic E-state index is -1.07. The lowest BCUT2D eigenvalue weighted by Gasteiger charge is -2.11. The maximum Gasteiger partial charge on any atom is 0.201 e. The molecule has 120 valence electrons. The molecule has 1 aliphatic rings. The third-order valence-electron chi connectivity index (χ3n) is 3.70. The molecule has 0 fully saturated rings. The van der Waals surface area contributed by atoms with Crippen molar-refractivity contribution in [2.75, 3.05) is 0 Å². The van der Waals surface area contributed by atoms with Crippen molar-refractivity contribution in [2.45, 2.75) is 0 Å². The van der Waals surface area contributed by atoms with Crippen molar-refractivity contribution in [3.63, 3.8) is 0 Å². The summed E-state index contributed by atoms with van der Waals surface area (Å²) < 4.78 is 0. The average Bonchev–Trinajstić information content (AvgIpc) is 2.84. The van der Waals surface area contributed by atoms with Gasteiger partial charge in [0.15, 0.2) is 11.5 Å². The number of aliphatic hydroxyl groups is 1. The van der Waals surface area contributed by atoms with Crippen molar-refractivity contribution in [1.82, 2.24) is 0 Å². The molecule has 0 aliphatic heterocycles. The molecule has 1 aliphatic carbocycles. The minimum absolute atomic E-state index is 0.0935. The molecule has 0 amide bonds. The molecule has 6 heteroatoms. The van der Waals surface area contributed by atoms with Crippen molar-refractivity contribution in [3.05, 3.63) is 82.1 Å². The van der Waals surface area contributed by atoms with Gasteiger partial charge in [-0.1, -0.05) is 42.5 Å². The SMILES string of the molecule is O=C(C=Cc1cccc([NH+]([O-])O)c1)C1=C(O)c2ccccc2C1=O. The van der Waals surface area contributed by atoms with E-state index in [4.69, 9.17) is 5.21 Å². The fourth-order valence-electron chi connectivity index (χ4n) is 2.52. The van der Waals surface area contributed by atoms with Crippen LogP contribution in [0.1, 0.15) is 21.5 Å². The van der Waals surface area contributed by atoms with Crippen LogP contribution in [-0.4, -0.2) is 21.9 Å². The van der Waals surface area contributed by atoms with Crippen molar-refractivity contribution >= 4 is 29.1 Å². The van der Waals surface area contributed by atoms with Crippen LogP contribution in [0.4, 0.5) is 5.69 Å². The van der Waals surface area contributed by atoms with Crippen LogP contribution in [0.5, 0.6) is 0 Å². The average molecular weight is 323 g/mol. The smallest absolute Gasteiger partial charge is 0.201 e. The first-order chi connectivity index (χ1) is 11.5. The van der Waals surface area contributed by atoms with E-state index in [1.165, 1.54) is 18.2 Å². The molecule has 0 saturated carbocycles. The summed E-state index contributed by atoms with van der Waals surface area (Å²) in [5.41, 5.74) is 0.955. The normalized spacial score (nSPS) is 15.0. The third-order valence-corrected chi connectivity index (χ3v) is 3.70. The first-order valence-corrected chi connectivity index (χ1v) is 7.12. The van der Waals surface area contributed by atoms with E-state index < -0.39 is 16.8 Å². The van der Waals surface area contributed by atoms with Crippen molar-refractivity contribution in [1.29, 1.82) is 0 Å². The lowest BCUT2D eigenvalue weighted by Crippen LogP contribution is -2.99. The molecule has 0 bridgehead atoms. The Morgan fingerprint density at radius 3 is 2.46 bits per heavy atom. The van der Waals surface area contributed by atoms with Gasteiger partial charge in [0.05, 0.1) is 0 Å². The van der Waals surface area contributed by atoms with Gasteiger partial charge < -0.3 is 10.3 Å². The van der Waals surface area contributed by atoms with E-state index in [2.05, 4.69) is 0 Å². The summed E-state index contributed by atoms with van der Waals surface area (Å²) in [6.07, 6.45) is 2.56. The Kier molecular flexibility index (Phi) is 4.09. The van der Waals surface area contributed by atoms with E-state index in [1.807, 2.05) is 0 Å². The molecule has 2 aromatic rings. The number of benzene rings is 2. The van der Waals surface area contributed by atoms with E-state index in [1.54, 1.807) is 36.4 Å². The van der Waals surface area contributed by atoms with Crippen LogP contribution in [-0.2, 0) is 4.79 Å². The fraction of sp³-hybridized carbons (Fsp3) is 0. The first-order valence-electron chi connectivity index (χ1n) is 7.12. The molecular formula is C18H13NO5.